The number of sulfonamides is 1. The monoisotopic (exact) mass is 407 g/mol. The fourth-order valence-electron chi connectivity index (χ4n) is 1.55. The van der Waals surface area contributed by atoms with E-state index in [1.165, 1.54) is 12.1 Å². The van der Waals surface area contributed by atoms with Crippen molar-refractivity contribution in [1.29, 1.82) is 5.41 Å². The standard InChI is InChI=1S/C11H11BrFN5O4S/c1-23(20,21)15-5-9-10(17-22-16-9)11(14)18(19)6-2-3-8(13)7(12)4-6/h2-4,14-15,19H,5H2,1H3. The SMILES string of the molecule is CS(=O)(=O)NCc1nonc1C(=N)N(O)c1ccc(F)c(Br)c1. The van der Waals surface area contributed by atoms with Gasteiger partial charge in [0.1, 0.15) is 11.5 Å². The van der Waals surface area contributed by atoms with Crippen LogP contribution in [0.5, 0.6) is 0 Å². The fourth-order valence-corrected chi connectivity index (χ4v) is 2.31. The van der Waals surface area contributed by atoms with Gasteiger partial charge in [0.2, 0.25) is 10.0 Å². The lowest BCUT2D eigenvalue weighted by atomic mass is 10.2. The van der Waals surface area contributed by atoms with Gasteiger partial charge in [0.25, 0.3) is 0 Å². The minimum absolute atomic E-state index is 0.0145. The molecule has 2 rings (SSSR count). The largest absolute Gasteiger partial charge is 0.282 e. The summed E-state index contributed by atoms with van der Waals surface area (Å²) in [4.78, 5) is 0. The van der Waals surface area contributed by atoms with E-state index in [2.05, 4.69) is 35.6 Å². The maximum atomic E-state index is 13.2. The van der Waals surface area contributed by atoms with E-state index in [-0.39, 0.29) is 28.1 Å². The quantitative estimate of drug-likeness (QED) is 0.385. The van der Waals surface area contributed by atoms with Crippen molar-refractivity contribution in [2.45, 2.75) is 6.54 Å². The molecule has 124 valence electrons. The average molecular weight is 408 g/mol. The second-order valence-corrected chi connectivity index (χ2v) is 7.10. The third-order valence-corrected chi connectivity index (χ3v) is 3.92. The molecular formula is C11H11BrFN5O4S. The normalized spacial score (nSPS) is 11.5. The number of hydrogen-bond donors (Lipinski definition) is 3. The molecule has 0 unspecified atom stereocenters. The molecule has 1 aromatic heterocycles. The first-order valence-electron chi connectivity index (χ1n) is 5.98. The van der Waals surface area contributed by atoms with Crippen molar-refractivity contribution in [1.82, 2.24) is 15.0 Å². The van der Waals surface area contributed by atoms with Gasteiger partial charge in [-0.1, -0.05) is 5.16 Å². The summed E-state index contributed by atoms with van der Waals surface area (Å²) < 4.78 is 42.1. The average Bonchev–Trinajstić information content (AvgIpc) is 2.94. The van der Waals surface area contributed by atoms with Crippen LogP contribution >= 0.6 is 15.9 Å². The maximum Gasteiger partial charge on any atom is 0.209 e. The summed E-state index contributed by atoms with van der Waals surface area (Å²) in [5.74, 6) is -1.05. The van der Waals surface area contributed by atoms with E-state index < -0.39 is 21.7 Å². The van der Waals surface area contributed by atoms with Crippen LogP contribution in [0.4, 0.5) is 10.1 Å². The van der Waals surface area contributed by atoms with Crippen LogP contribution in [0, 0.1) is 11.2 Å². The molecule has 1 heterocycles. The van der Waals surface area contributed by atoms with Gasteiger partial charge in [0.05, 0.1) is 23.0 Å². The van der Waals surface area contributed by atoms with E-state index >= 15 is 0 Å². The Balaban J connectivity index is 2.23. The number of hydroxylamine groups is 1. The van der Waals surface area contributed by atoms with Crippen molar-refractivity contribution < 1.29 is 22.6 Å². The predicted octanol–water partition coefficient (Wildman–Crippen LogP) is 1.24. The van der Waals surface area contributed by atoms with Crippen molar-refractivity contribution >= 4 is 37.5 Å². The summed E-state index contributed by atoms with van der Waals surface area (Å²) in [6.07, 6.45) is 0.958. The van der Waals surface area contributed by atoms with Gasteiger partial charge in [-0.05, 0) is 39.3 Å². The van der Waals surface area contributed by atoms with Gasteiger partial charge in [-0.25, -0.2) is 27.2 Å². The first-order valence-corrected chi connectivity index (χ1v) is 8.66. The van der Waals surface area contributed by atoms with Crippen LogP contribution in [-0.2, 0) is 16.6 Å². The van der Waals surface area contributed by atoms with Crippen molar-refractivity contribution in [3.05, 3.63) is 39.9 Å². The van der Waals surface area contributed by atoms with Crippen molar-refractivity contribution in [2.24, 2.45) is 0 Å². The molecule has 0 fully saturated rings. The van der Waals surface area contributed by atoms with Gasteiger partial charge in [-0.15, -0.1) is 0 Å². The lowest BCUT2D eigenvalue weighted by Crippen LogP contribution is -2.30. The summed E-state index contributed by atoms with van der Waals surface area (Å²) in [6.45, 7) is -0.263. The van der Waals surface area contributed by atoms with E-state index in [4.69, 9.17) is 5.41 Å². The molecule has 3 N–H and O–H groups in total. The molecule has 0 saturated carbocycles. The van der Waals surface area contributed by atoms with Crippen LogP contribution < -0.4 is 9.79 Å². The summed E-state index contributed by atoms with van der Waals surface area (Å²) in [6, 6.07) is 3.60. The topological polar surface area (TPSA) is 132 Å². The lowest BCUT2D eigenvalue weighted by Gasteiger charge is -2.16. The molecule has 0 spiro atoms. The van der Waals surface area contributed by atoms with Crippen LogP contribution in [0.1, 0.15) is 11.4 Å². The Morgan fingerprint density at radius 1 is 1.52 bits per heavy atom. The first-order chi connectivity index (χ1) is 10.7. The molecule has 1 aromatic carbocycles. The number of amidine groups is 1. The second-order valence-electron chi connectivity index (χ2n) is 4.41. The molecule has 0 bridgehead atoms. The minimum Gasteiger partial charge on any atom is -0.282 e. The summed E-state index contributed by atoms with van der Waals surface area (Å²) in [5, 5.41) is 25.4. The predicted molar refractivity (Wildman–Crippen MR) is 81.2 cm³/mol. The van der Waals surface area contributed by atoms with E-state index in [0.717, 1.165) is 12.3 Å². The van der Waals surface area contributed by atoms with Gasteiger partial charge in [0, 0.05) is 0 Å². The van der Waals surface area contributed by atoms with Crippen molar-refractivity contribution in [3.63, 3.8) is 0 Å². The summed E-state index contributed by atoms with van der Waals surface area (Å²) >= 11 is 2.97. The molecule has 0 amide bonds. The highest BCUT2D eigenvalue weighted by atomic mass is 79.9. The van der Waals surface area contributed by atoms with Crippen LogP contribution in [0.2, 0.25) is 0 Å². The molecule has 0 saturated heterocycles. The fraction of sp³-hybridized carbons (Fsp3) is 0.182. The third-order valence-electron chi connectivity index (χ3n) is 2.64. The van der Waals surface area contributed by atoms with Crippen LogP contribution in [-0.4, -0.2) is 36.0 Å². The molecule has 0 aliphatic heterocycles. The highest BCUT2D eigenvalue weighted by Crippen LogP contribution is 2.23. The van der Waals surface area contributed by atoms with E-state index in [0.29, 0.717) is 5.06 Å². The number of nitrogens with one attached hydrogen (secondary N) is 2. The number of rotatable bonds is 5. The molecule has 0 aliphatic carbocycles. The second kappa shape index (κ2) is 6.70. The molecular weight excluding hydrogens is 397 g/mol. The third kappa shape index (κ3) is 4.31. The van der Waals surface area contributed by atoms with E-state index in [1.54, 1.807) is 0 Å². The Morgan fingerprint density at radius 2 is 2.22 bits per heavy atom. The highest BCUT2D eigenvalue weighted by Gasteiger charge is 2.22. The van der Waals surface area contributed by atoms with E-state index in [9.17, 15) is 18.0 Å². The van der Waals surface area contributed by atoms with Gasteiger partial charge < -0.3 is 0 Å². The zero-order chi connectivity index (χ0) is 17.2. The van der Waals surface area contributed by atoms with Crippen LogP contribution in [0.25, 0.3) is 0 Å². The number of halogens is 2. The molecule has 0 aliphatic rings. The number of anilines is 1. The van der Waals surface area contributed by atoms with Gasteiger partial charge in [0.15, 0.2) is 11.5 Å². The number of hydrogen-bond acceptors (Lipinski definition) is 7. The van der Waals surface area contributed by atoms with Crippen LogP contribution in [0.15, 0.2) is 27.3 Å². The Kier molecular flexibility index (Phi) is 5.09. The van der Waals surface area contributed by atoms with Gasteiger partial charge >= 0.3 is 0 Å². The zero-order valence-corrected chi connectivity index (χ0v) is 14.0. The van der Waals surface area contributed by atoms with Crippen molar-refractivity contribution in [3.8, 4) is 0 Å². The molecule has 2 aromatic rings. The Morgan fingerprint density at radius 3 is 2.83 bits per heavy atom. The van der Waals surface area contributed by atoms with Crippen molar-refractivity contribution in [2.75, 3.05) is 11.3 Å². The number of nitrogens with zero attached hydrogens (tertiary/aromatic N) is 3. The Labute approximate surface area is 138 Å². The van der Waals surface area contributed by atoms with Gasteiger partial charge in [-0.3, -0.25) is 10.6 Å². The smallest absolute Gasteiger partial charge is 0.209 e. The first kappa shape index (κ1) is 17.5. The molecule has 0 atom stereocenters. The van der Waals surface area contributed by atoms with E-state index in [1.807, 2.05) is 0 Å². The highest BCUT2D eigenvalue weighted by molar-refractivity contribution is 9.10. The zero-order valence-electron chi connectivity index (χ0n) is 11.6. The molecule has 9 nitrogen and oxygen atoms in total. The number of benzene rings is 1. The lowest BCUT2D eigenvalue weighted by molar-refractivity contribution is 0.297. The summed E-state index contributed by atoms with van der Waals surface area (Å²) in [5.41, 5.74) is -0.0574. The summed E-state index contributed by atoms with van der Waals surface area (Å²) in [7, 11) is -3.48. The Bertz CT molecular complexity index is 841. The number of aromatic nitrogens is 2. The molecule has 12 heteroatoms. The Hall–Kier alpha value is -1.89. The molecule has 0 radical (unpaired) electrons. The minimum atomic E-state index is -3.48. The maximum absolute atomic E-state index is 13.2. The van der Waals surface area contributed by atoms with Gasteiger partial charge in [-0.2, -0.15) is 0 Å². The van der Waals surface area contributed by atoms with Crippen LogP contribution in [0.3, 0.4) is 0 Å². The molecule has 23 heavy (non-hydrogen) atoms.